The molecule has 0 saturated carbocycles. The van der Waals surface area contributed by atoms with Gasteiger partial charge in [-0.05, 0) is 48.7 Å². The van der Waals surface area contributed by atoms with Crippen molar-refractivity contribution in [3.8, 4) is 0 Å². The number of aryl methyl sites for hydroxylation is 1. The van der Waals surface area contributed by atoms with E-state index in [-0.39, 0.29) is 11.4 Å². The highest BCUT2D eigenvalue weighted by Gasteiger charge is 2.19. The van der Waals surface area contributed by atoms with Crippen molar-refractivity contribution in [1.29, 1.82) is 0 Å². The van der Waals surface area contributed by atoms with Gasteiger partial charge in [-0.25, -0.2) is 0 Å². The smallest absolute Gasteiger partial charge is 0.164 e. The molecule has 3 heteroatoms. The van der Waals surface area contributed by atoms with E-state index < -0.39 is 0 Å². The van der Waals surface area contributed by atoms with Crippen LogP contribution in [0.4, 0.5) is 0 Å². The Kier molecular flexibility index (Phi) is 4.90. The Morgan fingerprint density at radius 3 is 2.65 bits per heavy atom. The second-order valence-electron chi connectivity index (χ2n) is 4.82. The van der Waals surface area contributed by atoms with Gasteiger partial charge in [0.05, 0.1) is 5.60 Å². The number of carbonyl (C=O) groups excluding carboxylic acids is 1. The summed E-state index contributed by atoms with van der Waals surface area (Å²) in [6, 6.07) is 5.76. The van der Waals surface area contributed by atoms with Crippen LogP contribution in [-0.2, 0) is 4.74 Å². The van der Waals surface area contributed by atoms with Crippen molar-refractivity contribution in [3.05, 3.63) is 33.8 Å². The van der Waals surface area contributed by atoms with Gasteiger partial charge in [-0.1, -0.05) is 18.2 Å². The first kappa shape index (κ1) is 14.4. The number of ether oxygens (including phenoxy) is 1. The second-order valence-corrected chi connectivity index (χ2v) is 5.62. The highest BCUT2D eigenvalue weighted by molar-refractivity contribution is 9.10. The summed E-state index contributed by atoms with van der Waals surface area (Å²) < 4.78 is 6.22. The van der Waals surface area contributed by atoms with E-state index in [9.17, 15) is 4.79 Å². The number of hydrogen-bond acceptors (Lipinski definition) is 2. The lowest BCUT2D eigenvalue weighted by Crippen LogP contribution is -2.23. The molecule has 17 heavy (non-hydrogen) atoms. The summed E-state index contributed by atoms with van der Waals surface area (Å²) in [7, 11) is 1.67. The maximum Gasteiger partial charge on any atom is 0.164 e. The summed E-state index contributed by atoms with van der Waals surface area (Å²) in [6.07, 6.45) is 1.23. The maximum absolute atomic E-state index is 12.1. The molecule has 94 valence electrons. The summed E-state index contributed by atoms with van der Waals surface area (Å²) >= 11 is 3.47. The molecule has 0 spiro atoms. The Morgan fingerprint density at radius 1 is 1.41 bits per heavy atom. The molecule has 0 aliphatic rings. The first-order valence-electron chi connectivity index (χ1n) is 5.71. The molecule has 0 aliphatic heterocycles. The normalized spacial score (nSPS) is 11.6. The molecule has 0 saturated heterocycles. The lowest BCUT2D eigenvalue weighted by Gasteiger charge is -2.22. The molecule has 0 unspecified atom stereocenters. The average Bonchev–Trinajstić information content (AvgIpc) is 2.30. The van der Waals surface area contributed by atoms with E-state index in [1.807, 2.05) is 39.0 Å². The summed E-state index contributed by atoms with van der Waals surface area (Å²) in [5.74, 6) is 0.158. The van der Waals surface area contributed by atoms with Gasteiger partial charge < -0.3 is 4.74 Å². The van der Waals surface area contributed by atoms with Gasteiger partial charge >= 0.3 is 0 Å². The molecule has 1 aromatic carbocycles. The number of carbonyl (C=O) groups is 1. The quantitative estimate of drug-likeness (QED) is 0.764. The van der Waals surface area contributed by atoms with Crippen LogP contribution in [-0.4, -0.2) is 18.5 Å². The molecule has 0 aromatic heterocycles. The number of ketones is 1. The Balaban J connectivity index is 2.74. The first-order valence-corrected chi connectivity index (χ1v) is 6.50. The molecule has 0 heterocycles. The second kappa shape index (κ2) is 5.78. The molecule has 0 aliphatic carbocycles. The first-order chi connectivity index (χ1) is 7.87. The molecule has 0 fully saturated rings. The SMILES string of the molecule is COC(C)(C)CCC(=O)c1cccc(C)c1Br. The lowest BCUT2D eigenvalue weighted by atomic mass is 9.97. The molecule has 0 atom stereocenters. The molecular weight excluding hydrogens is 280 g/mol. The number of methoxy groups -OCH3 is 1. The van der Waals surface area contributed by atoms with Crippen LogP contribution in [0.5, 0.6) is 0 Å². The maximum atomic E-state index is 12.1. The summed E-state index contributed by atoms with van der Waals surface area (Å²) in [5, 5.41) is 0. The average molecular weight is 299 g/mol. The number of hydrogen-bond donors (Lipinski definition) is 0. The van der Waals surface area contributed by atoms with Gasteiger partial charge in [-0.15, -0.1) is 0 Å². The van der Waals surface area contributed by atoms with Crippen LogP contribution in [0.2, 0.25) is 0 Å². The van der Waals surface area contributed by atoms with Crippen LogP contribution in [0.1, 0.15) is 42.6 Å². The van der Waals surface area contributed by atoms with E-state index >= 15 is 0 Å². The van der Waals surface area contributed by atoms with Gasteiger partial charge in [0.25, 0.3) is 0 Å². The monoisotopic (exact) mass is 298 g/mol. The molecule has 1 rings (SSSR count). The van der Waals surface area contributed by atoms with Crippen LogP contribution in [0, 0.1) is 6.92 Å². The van der Waals surface area contributed by atoms with E-state index in [1.54, 1.807) is 7.11 Å². The Bertz CT molecular complexity index is 411. The van der Waals surface area contributed by atoms with Gasteiger partial charge in [0.1, 0.15) is 0 Å². The van der Waals surface area contributed by atoms with E-state index in [1.165, 1.54) is 0 Å². The van der Waals surface area contributed by atoms with Gasteiger partial charge in [0.15, 0.2) is 5.78 Å². The predicted molar refractivity (Wildman–Crippen MR) is 73.5 cm³/mol. The van der Waals surface area contributed by atoms with Crippen LogP contribution >= 0.6 is 15.9 Å². The fourth-order valence-electron chi connectivity index (χ4n) is 1.51. The van der Waals surface area contributed by atoms with Crippen LogP contribution < -0.4 is 0 Å². The fourth-order valence-corrected chi connectivity index (χ4v) is 2.00. The van der Waals surface area contributed by atoms with Crippen molar-refractivity contribution < 1.29 is 9.53 Å². The van der Waals surface area contributed by atoms with Crippen molar-refractivity contribution in [2.75, 3.05) is 7.11 Å². The van der Waals surface area contributed by atoms with Crippen LogP contribution in [0.3, 0.4) is 0 Å². The van der Waals surface area contributed by atoms with Gasteiger partial charge in [0, 0.05) is 23.6 Å². The third-order valence-corrected chi connectivity index (χ3v) is 4.05. The zero-order valence-electron chi connectivity index (χ0n) is 10.8. The molecule has 2 nitrogen and oxygen atoms in total. The van der Waals surface area contributed by atoms with Crippen LogP contribution in [0.15, 0.2) is 22.7 Å². The Hall–Kier alpha value is -0.670. The highest BCUT2D eigenvalue weighted by Crippen LogP contribution is 2.24. The highest BCUT2D eigenvalue weighted by atomic mass is 79.9. The van der Waals surface area contributed by atoms with Gasteiger partial charge in [0.2, 0.25) is 0 Å². The van der Waals surface area contributed by atoms with Crippen molar-refractivity contribution in [1.82, 2.24) is 0 Å². The molecule has 0 bridgehead atoms. The van der Waals surface area contributed by atoms with Gasteiger partial charge in [-0.3, -0.25) is 4.79 Å². The van der Waals surface area contributed by atoms with Crippen molar-refractivity contribution >= 4 is 21.7 Å². The molecule has 1 aromatic rings. The zero-order chi connectivity index (χ0) is 13.1. The number of benzene rings is 1. The van der Waals surface area contributed by atoms with E-state index in [0.717, 1.165) is 22.0 Å². The van der Waals surface area contributed by atoms with Gasteiger partial charge in [-0.2, -0.15) is 0 Å². The zero-order valence-corrected chi connectivity index (χ0v) is 12.4. The number of halogens is 1. The largest absolute Gasteiger partial charge is 0.379 e. The molecular formula is C14H19BrO2. The molecule has 0 radical (unpaired) electrons. The van der Waals surface area contributed by atoms with Crippen molar-refractivity contribution in [2.45, 2.75) is 39.2 Å². The molecule has 0 N–H and O–H groups in total. The lowest BCUT2D eigenvalue weighted by molar-refractivity contribution is 0.0141. The minimum Gasteiger partial charge on any atom is -0.379 e. The Labute approximate surface area is 111 Å². The van der Waals surface area contributed by atoms with Crippen LogP contribution in [0.25, 0.3) is 0 Å². The van der Waals surface area contributed by atoms with Crippen molar-refractivity contribution in [2.24, 2.45) is 0 Å². The summed E-state index contributed by atoms with van der Waals surface area (Å²) in [5.41, 5.74) is 1.60. The summed E-state index contributed by atoms with van der Waals surface area (Å²) in [4.78, 5) is 12.1. The topological polar surface area (TPSA) is 26.3 Å². The van der Waals surface area contributed by atoms with E-state index in [0.29, 0.717) is 6.42 Å². The number of Topliss-reactive ketones (excluding diaryl/α,β-unsaturated/α-hetero) is 1. The number of rotatable bonds is 5. The predicted octanol–water partition coefficient (Wildman–Crippen LogP) is 4.15. The van der Waals surface area contributed by atoms with Crippen molar-refractivity contribution in [3.63, 3.8) is 0 Å². The minimum atomic E-state index is -0.244. The third kappa shape index (κ3) is 3.93. The standard InChI is InChI=1S/C14H19BrO2/c1-10-6-5-7-11(13(10)15)12(16)8-9-14(2,3)17-4/h5-7H,8-9H2,1-4H3. The molecule has 0 amide bonds. The fraction of sp³-hybridized carbons (Fsp3) is 0.500. The Morgan fingerprint density at radius 2 is 2.06 bits per heavy atom. The third-order valence-electron chi connectivity index (χ3n) is 3.00. The van der Waals surface area contributed by atoms with E-state index in [4.69, 9.17) is 4.74 Å². The summed E-state index contributed by atoms with van der Waals surface area (Å²) in [6.45, 7) is 5.97. The van der Waals surface area contributed by atoms with E-state index in [2.05, 4.69) is 15.9 Å². The minimum absolute atomic E-state index is 0.158.